The molecule has 0 aliphatic heterocycles. The highest BCUT2D eigenvalue weighted by Crippen LogP contribution is 2.46. The van der Waals surface area contributed by atoms with Crippen LogP contribution in [0.4, 0.5) is 10.3 Å². The average molecular weight is 391 g/mol. The summed E-state index contributed by atoms with van der Waals surface area (Å²) >= 11 is 0. The molecule has 3 rings (SSSR count). The van der Waals surface area contributed by atoms with Gasteiger partial charge in [0, 0.05) is 30.3 Å². The normalized spacial score (nSPS) is 20.0. The molecule has 1 aromatic rings. The molecule has 9 nitrogen and oxygen atoms in total. The van der Waals surface area contributed by atoms with E-state index in [4.69, 9.17) is 14.9 Å². The minimum Gasteiger partial charge on any atom is -0.497 e. The summed E-state index contributed by atoms with van der Waals surface area (Å²) in [6.45, 7) is 0.740. The number of carbonyl (C=O) groups is 2. The number of ether oxygens (including phenoxy) is 2. The second kappa shape index (κ2) is 8.32. The van der Waals surface area contributed by atoms with Crippen molar-refractivity contribution < 1.29 is 23.5 Å². The molecule has 0 radical (unpaired) electrons. The fraction of sp³-hybridized carbons (Fsp3) is 0.500. The Bertz CT molecular complexity index is 811. The van der Waals surface area contributed by atoms with Crippen LogP contribution < -0.4 is 10.6 Å². The molecule has 1 fully saturated rings. The van der Waals surface area contributed by atoms with Gasteiger partial charge in [-0.2, -0.15) is 0 Å². The first kappa shape index (κ1) is 19.7. The van der Waals surface area contributed by atoms with Crippen LogP contribution in [-0.4, -0.2) is 48.0 Å². The molecule has 150 valence electrons. The first-order chi connectivity index (χ1) is 13.5. The molecule has 3 unspecified atom stereocenters. The Labute approximate surface area is 161 Å². The van der Waals surface area contributed by atoms with Gasteiger partial charge < -0.3 is 20.2 Å². The Kier molecular flexibility index (Phi) is 5.86. The molecular weight excluding hydrogens is 369 g/mol. The van der Waals surface area contributed by atoms with Crippen LogP contribution in [0, 0.1) is 23.2 Å². The molecule has 2 amide bonds. The van der Waals surface area contributed by atoms with Gasteiger partial charge in [0.2, 0.25) is 18.7 Å². The maximum Gasteiger partial charge on any atom is 0.270 e. The van der Waals surface area contributed by atoms with E-state index in [1.54, 1.807) is 6.92 Å². The van der Waals surface area contributed by atoms with Crippen LogP contribution in [0.1, 0.15) is 30.3 Å². The van der Waals surface area contributed by atoms with Crippen LogP contribution in [0.2, 0.25) is 0 Å². The predicted molar refractivity (Wildman–Crippen MR) is 97.2 cm³/mol. The molecule has 28 heavy (non-hydrogen) atoms. The molecular formula is C18H22FN5O4. The molecule has 0 bridgehead atoms. The molecule has 2 aliphatic rings. The topological polar surface area (TPSA) is 126 Å². The van der Waals surface area contributed by atoms with E-state index in [-0.39, 0.29) is 29.4 Å². The standard InChI is InChI=1S/C18H22FN5O4/c1-9(11(7-20)13-14(27-2)15(13)28-8-19)22-17(26)12-5-6-21-18(23-12)24-16(25)10-3-4-10/h5-7,9-11,13,20H,3-4,8H2,1-2H3,(H,22,26)(H,21,23,24,25). The first-order valence-corrected chi connectivity index (χ1v) is 8.92. The van der Waals surface area contributed by atoms with E-state index in [9.17, 15) is 14.0 Å². The Hall–Kier alpha value is -3.04. The van der Waals surface area contributed by atoms with Gasteiger partial charge in [-0.15, -0.1) is 0 Å². The number of methoxy groups -OCH3 is 1. The van der Waals surface area contributed by atoms with E-state index < -0.39 is 24.7 Å². The Morgan fingerprint density at radius 1 is 1.43 bits per heavy atom. The maximum absolute atomic E-state index is 12.5. The molecule has 0 saturated heterocycles. The van der Waals surface area contributed by atoms with Gasteiger partial charge in [0.1, 0.15) is 17.2 Å². The van der Waals surface area contributed by atoms with Gasteiger partial charge in [-0.25, -0.2) is 14.4 Å². The average Bonchev–Trinajstić information content (AvgIpc) is 3.59. The van der Waals surface area contributed by atoms with Gasteiger partial charge >= 0.3 is 0 Å². The zero-order valence-corrected chi connectivity index (χ0v) is 15.6. The largest absolute Gasteiger partial charge is 0.497 e. The van der Waals surface area contributed by atoms with Gasteiger partial charge in [0.15, 0.2) is 0 Å². The van der Waals surface area contributed by atoms with Crippen LogP contribution in [0.5, 0.6) is 0 Å². The van der Waals surface area contributed by atoms with Gasteiger partial charge in [-0.05, 0) is 25.8 Å². The lowest BCUT2D eigenvalue weighted by molar-refractivity contribution is -0.117. The van der Waals surface area contributed by atoms with Crippen LogP contribution in [-0.2, 0) is 14.3 Å². The highest BCUT2D eigenvalue weighted by Gasteiger charge is 2.48. The molecule has 1 saturated carbocycles. The van der Waals surface area contributed by atoms with Crippen LogP contribution in [0.25, 0.3) is 0 Å². The smallest absolute Gasteiger partial charge is 0.270 e. The fourth-order valence-corrected chi connectivity index (χ4v) is 3.01. The number of hydrogen-bond donors (Lipinski definition) is 3. The minimum atomic E-state index is -0.986. The van der Waals surface area contributed by atoms with Gasteiger partial charge in [0.05, 0.1) is 13.0 Å². The quantitative estimate of drug-likeness (QED) is 0.521. The van der Waals surface area contributed by atoms with Gasteiger partial charge in [-0.3, -0.25) is 14.9 Å². The summed E-state index contributed by atoms with van der Waals surface area (Å²) in [6.07, 6.45) is 4.26. The van der Waals surface area contributed by atoms with Crippen molar-refractivity contribution in [3.05, 3.63) is 29.5 Å². The van der Waals surface area contributed by atoms with Crippen molar-refractivity contribution >= 4 is 24.0 Å². The summed E-state index contributed by atoms with van der Waals surface area (Å²) in [5.74, 6) is -0.575. The Morgan fingerprint density at radius 3 is 2.79 bits per heavy atom. The maximum atomic E-state index is 12.5. The molecule has 0 spiro atoms. The molecule has 1 aromatic heterocycles. The highest BCUT2D eigenvalue weighted by molar-refractivity contribution is 5.95. The van der Waals surface area contributed by atoms with Crippen molar-refractivity contribution in [1.82, 2.24) is 15.3 Å². The van der Waals surface area contributed by atoms with E-state index in [0.717, 1.165) is 12.8 Å². The number of amides is 2. The lowest BCUT2D eigenvalue weighted by atomic mass is 9.95. The highest BCUT2D eigenvalue weighted by atomic mass is 19.1. The van der Waals surface area contributed by atoms with E-state index in [1.165, 1.54) is 25.6 Å². The van der Waals surface area contributed by atoms with E-state index in [2.05, 4.69) is 20.6 Å². The van der Waals surface area contributed by atoms with Crippen molar-refractivity contribution in [3.8, 4) is 0 Å². The first-order valence-electron chi connectivity index (χ1n) is 8.92. The third-order valence-corrected chi connectivity index (χ3v) is 4.74. The monoisotopic (exact) mass is 391 g/mol. The van der Waals surface area contributed by atoms with Crippen molar-refractivity contribution in [3.63, 3.8) is 0 Å². The lowest BCUT2D eigenvalue weighted by Gasteiger charge is -2.21. The molecule has 10 heteroatoms. The number of halogens is 1. The summed E-state index contributed by atoms with van der Waals surface area (Å²) in [4.78, 5) is 32.4. The fourth-order valence-electron chi connectivity index (χ4n) is 3.01. The van der Waals surface area contributed by atoms with Crippen molar-refractivity contribution in [1.29, 1.82) is 5.41 Å². The second-order valence-electron chi connectivity index (χ2n) is 6.70. The number of aromatic nitrogens is 2. The molecule has 3 N–H and O–H groups in total. The minimum absolute atomic E-state index is 0.00351. The predicted octanol–water partition coefficient (Wildman–Crippen LogP) is 1.64. The van der Waals surface area contributed by atoms with Crippen molar-refractivity contribution in [2.24, 2.45) is 17.8 Å². The number of hydrogen-bond acceptors (Lipinski definition) is 7. The zero-order chi connectivity index (χ0) is 20.3. The molecule has 3 atom stereocenters. The summed E-state index contributed by atoms with van der Waals surface area (Å²) < 4.78 is 22.5. The van der Waals surface area contributed by atoms with E-state index in [1.807, 2.05) is 0 Å². The number of rotatable bonds is 10. The lowest BCUT2D eigenvalue weighted by Crippen LogP contribution is -2.40. The van der Waals surface area contributed by atoms with Crippen LogP contribution in [0.15, 0.2) is 23.8 Å². The summed E-state index contributed by atoms with van der Waals surface area (Å²) in [7, 11) is 1.44. The number of alkyl halides is 1. The van der Waals surface area contributed by atoms with Crippen LogP contribution in [0.3, 0.4) is 0 Å². The third-order valence-electron chi connectivity index (χ3n) is 4.74. The number of carbonyl (C=O) groups excluding carboxylic acids is 2. The molecule has 2 aliphatic carbocycles. The SMILES string of the molecule is COC1=C(OCF)C1C(C=N)C(C)NC(=O)c1ccnc(NC(=O)C2CC2)n1. The number of nitrogens with zero attached hydrogens (tertiary/aromatic N) is 2. The van der Waals surface area contributed by atoms with E-state index in [0.29, 0.717) is 11.5 Å². The number of anilines is 1. The Balaban J connectivity index is 1.61. The van der Waals surface area contributed by atoms with Crippen molar-refractivity contribution in [2.75, 3.05) is 19.3 Å². The summed E-state index contributed by atoms with van der Waals surface area (Å²) in [6, 6.07) is 0.960. The zero-order valence-electron chi connectivity index (χ0n) is 15.6. The summed E-state index contributed by atoms with van der Waals surface area (Å²) in [5.41, 5.74) is 0.0904. The number of nitrogens with one attached hydrogen (secondary N) is 3. The van der Waals surface area contributed by atoms with Gasteiger partial charge in [0.25, 0.3) is 5.91 Å². The third kappa shape index (κ3) is 4.26. The van der Waals surface area contributed by atoms with E-state index >= 15 is 0 Å². The molecule has 0 aromatic carbocycles. The van der Waals surface area contributed by atoms with Crippen LogP contribution >= 0.6 is 0 Å². The number of allylic oxidation sites excluding steroid dienone is 2. The molecule has 1 heterocycles. The van der Waals surface area contributed by atoms with Gasteiger partial charge in [-0.1, -0.05) is 0 Å². The second-order valence-corrected chi connectivity index (χ2v) is 6.70. The van der Waals surface area contributed by atoms with Crippen molar-refractivity contribution in [2.45, 2.75) is 25.8 Å². The summed E-state index contributed by atoms with van der Waals surface area (Å²) in [5, 5.41) is 13.0. The Morgan fingerprint density at radius 2 is 2.18 bits per heavy atom.